The number of esters is 2. The van der Waals surface area contributed by atoms with Crippen LogP contribution in [0.25, 0.3) is 0 Å². The van der Waals surface area contributed by atoms with Crippen LogP contribution in [0.15, 0.2) is 0 Å². The van der Waals surface area contributed by atoms with Gasteiger partial charge in [0.1, 0.15) is 12.6 Å². The fraction of sp³-hybridized carbons (Fsp3) is 0.900. The molecule has 0 aliphatic heterocycles. The van der Waals surface area contributed by atoms with E-state index in [1.807, 2.05) is 0 Å². The van der Waals surface area contributed by atoms with Crippen molar-refractivity contribution in [2.75, 3.05) is 19.8 Å². The third-order valence-corrected chi connectivity index (χ3v) is 7.81. The molecule has 12 heteroatoms. The molecule has 0 saturated carbocycles. The normalized spacial score (nSPS) is 14.2. The lowest BCUT2D eigenvalue weighted by atomic mass is 10.0. The Morgan fingerprint density at radius 3 is 1.50 bits per heavy atom. The third kappa shape index (κ3) is 26.1. The van der Waals surface area contributed by atoms with E-state index in [0.717, 1.165) is 51.4 Å². The van der Waals surface area contributed by atoms with Crippen molar-refractivity contribution in [3.63, 3.8) is 0 Å². The zero-order valence-electron chi connectivity index (χ0n) is 26.1. The number of aliphatic carboxylic acids is 1. The molecule has 0 saturated heterocycles. The van der Waals surface area contributed by atoms with E-state index in [9.17, 15) is 23.8 Å². The Bertz CT molecular complexity index is 752. The van der Waals surface area contributed by atoms with Gasteiger partial charge in [-0.15, -0.1) is 0 Å². The Morgan fingerprint density at radius 1 is 0.643 bits per heavy atom. The molecule has 0 aromatic carbocycles. The number of rotatable bonds is 30. The van der Waals surface area contributed by atoms with Gasteiger partial charge in [0.25, 0.3) is 0 Å². The quantitative estimate of drug-likeness (QED) is 0.0435. The number of carbonyl (C=O) groups is 3. The Labute approximate surface area is 253 Å². The minimum atomic E-state index is -4.69. The lowest BCUT2D eigenvalue weighted by molar-refractivity contribution is -0.161. The molecule has 0 bridgehead atoms. The SMILES string of the molecule is CCCCCCCCCCCCCCC(=O)OC(COC(=O)CCCCCCCC)COP(=O)(O)OCC(N)C(=O)O. The molecular formula is C30H58NO10P. The molecule has 3 unspecified atom stereocenters. The van der Waals surface area contributed by atoms with Gasteiger partial charge in [-0.2, -0.15) is 0 Å². The van der Waals surface area contributed by atoms with Crippen molar-refractivity contribution in [2.24, 2.45) is 5.73 Å². The zero-order valence-corrected chi connectivity index (χ0v) is 27.0. The molecule has 0 fully saturated rings. The molecule has 0 aliphatic carbocycles. The van der Waals surface area contributed by atoms with Gasteiger partial charge < -0.3 is 25.2 Å². The van der Waals surface area contributed by atoms with E-state index in [0.29, 0.717) is 12.8 Å². The smallest absolute Gasteiger partial charge is 0.472 e. The fourth-order valence-electron chi connectivity index (χ4n) is 4.24. The Morgan fingerprint density at radius 2 is 1.05 bits per heavy atom. The van der Waals surface area contributed by atoms with Crippen molar-refractivity contribution in [1.82, 2.24) is 0 Å². The van der Waals surface area contributed by atoms with E-state index in [4.69, 9.17) is 24.8 Å². The van der Waals surface area contributed by atoms with Crippen LogP contribution in [-0.2, 0) is 37.5 Å². The van der Waals surface area contributed by atoms with Gasteiger partial charge >= 0.3 is 25.7 Å². The van der Waals surface area contributed by atoms with Gasteiger partial charge in [-0.1, -0.05) is 117 Å². The molecule has 0 amide bonds. The van der Waals surface area contributed by atoms with Crippen molar-refractivity contribution in [3.05, 3.63) is 0 Å². The zero-order chi connectivity index (χ0) is 31.5. The highest BCUT2D eigenvalue weighted by molar-refractivity contribution is 7.47. The van der Waals surface area contributed by atoms with E-state index < -0.39 is 51.1 Å². The van der Waals surface area contributed by atoms with E-state index in [1.165, 1.54) is 51.4 Å². The van der Waals surface area contributed by atoms with Gasteiger partial charge in [0, 0.05) is 12.8 Å². The summed E-state index contributed by atoms with van der Waals surface area (Å²) >= 11 is 0. The summed E-state index contributed by atoms with van der Waals surface area (Å²) < 4.78 is 32.2. The highest BCUT2D eigenvalue weighted by atomic mass is 31.2. The number of carbonyl (C=O) groups excluding carboxylic acids is 2. The summed E-state index contributed by atoms with van der Waals surface area (Å²) in [5.74, 6) is -2.38. The molecule has 0 aromatic heterocycles. The molecule has 4 N–H and O–H groups in total. The molecule has 0 heterocycles. The minimum Gasteiger partial charge on any atom is -0.480 e. The van der Waals surface area contributed by atoms with E-state index in [-0.39, 0.29) is 19.4 Å². The molecule has 0 rings (SSSR count). The maximum absolute atomic E-state index is 12.4. The summed E-state index contributed by atoms with van der Waals surface area (Å²) in [5.41, 5.74) is 5.28. The van der Waals surface area contributed by atoms with Crippen molar-refractivity contribution in [3.8, 4) is 0 Å². The van der Waals surface area contributed by atoms with Crippen molar-refractivity contribution in [2.45, 2.75) is 154 Å². The second-order valence-corrected chi connectivity index (χ2v) is 12.4. The standard InChI is InChI=1S/C30H58NO10P/c1-3-5-7-9-11-12-13-14-15-16-18-20-22-29(33)41-26(23-38-28(32)21-19-17-10-8-6-4-2)24-39-42(36,37)40-25-27(31)30(34)35/h26-27H,3-25,31H2,1-2H3,(H,34,35)(H,36,37). The highest BCUT2D eigenvalue weighted by Crippen LogP contribution is 2.43. The number of carboxylic acid groups (broad SMARTS) is 1. The summed E-state index contributed by atoms with van der Waals surface area (Å²) in [5, 5.41) is 8.80. The van der Waals surface area contributed by atoms with Gasteiger partial charge in [0.2, 0.25) is 0 Å². The van der Waals surface area contributed by atoms with Crippen molar-refractivity contribution < 1.29 is 47.5 Å². The molecule has 42 heavy (non-hydrogen) atoms. The maximum Gasteiger partial charge on any atom is 0.472 e. The number of carboxylic acids is 1. The van der Waals surface area contributed by atoms with E-state index in [1.54, 1.807) is 0 Å². The van der Waals surface area contributed by atoms with Gasteiger partial charge in [0.05, 0.1) is 13.2 Å². The number of nitrogens with two attached hydrogens (primary N) is 1. The number of hydrogen-bond donors (Lipinski definition) is 3. The Kier molecular flexibility index (Phi) is 26.1. The second kappa shape index (κ2) is 27.1. The van der Waals surface area contributed by atoms with Crippen LogP contribution in [0.3, 0.4) is 0 Å². The van der Waals surface area contributed by atoms with Crippen molar-refractivity contribution >= 4 is 25.7 Å². The largest absolute Gasteiger partial charge is 0.480 e. The van der Waals surface area contributed by atoms with Gasteiger partial charge in [0.15, 0.2) is 6.10 Å². The molecule has 11 nitrogen and oxygen atoms in total. The predicted molar refractivity (Wildman–Crippen MR) is 162 cm³/mol. The average molecular weight is 624 g/mol. The number of phosphoric ester groups is 1. The Hall–Kier alpha value is -1.52. The van der Waals surface area contributed by atoms with Crippen LogP contribution >= 0.6 is 7.82 Å². The lowest BCUT2D eigenvalue weighted by Crippen LogP contribution is -2.34. The molecule has 0 aliphatic rings. The van der Waals surface area contributed by atoms with Crippen LogP contribution in [0.2, 0.25) is 0 Å². The first-order valence-electron chi connectivity index (χ1n) is 16.1. The summed E-state index contributed by atoms with van der Waals surface area (Å²) in [7, 11) is -4.69. The van der Waals surface area contributed by atoms with E-state index in [2.05, 4.69) is 18.4 Å². The summed E-state index contributed by atoms with van der Waals surface area (Å²) in [4.78, 5) is 45.2. The maximum atomic E-state index is 12.4. The predicted octanol–water partition coefficient (Wildman–Crippen LogP) is 6.83. The minimum absolute atomic E-state index is 0.167. The van der Waals surface area contributed by atoms with Crippen LogP contribution < -0.4 is 5.73 Å². The van der Waals surface area contributed by atoms with Gasteiger partial charge in [-0.05, 0) is 12.8 Å². The van der Waals surface area contributed by atoms with Crippen LogP contribution in [-0.4, -0.2) is 59.9 Å². The van der Waals surface area contributed by atoms with Gasteiger partial charge in [-0.3, -0.25) is 23.4 Å². The van der Waals surface area contributed by atoms with Crippen LogP contribution in [0.5, 0.6) is 0 Å². The summed E-state index contributed by atoms with van der Waals surface area (Å²) in [6.07, 6.45) is 19.3. The van der Waals surface area contributed by atoms with Crippen LogP contribution in [0.1, 0.15) is 142 Å². The number of unbranched alkanes of at least 4 members (excludes halogenated alkanes) is 16. The van der Waals surface area contributed by atoms with Gasteiger partial charge in [-0.25, -0.2) is 4.57 Å². The number of phosphoric acid groups is 1. The molecular weight excluding hydrogens is 565 g/mol. The third-order valence-electron chi connectivity index (χ3n) is 6.86. The molecule has 248 valence electrons. The highest BCUT2D eigenvalue weighted by Gasteiger charge is 2.28. The first-order chi connectivity index (χ1) is 20.1. The second-order valence-electron chi connectivity index (χ2n) is 11.0. The summed E-state index contributed by atoms with van der Waals surface area (Å²) in [6, 6.07) is -1.51. The molecule has 0 radical (unpaired) electrons. The van der Waals surface area contributed by atoms with Crippen molar-refractivity contribution in [1.29, 1.82) is 0 Å². The Balaban J connectivity index is 4.48. The lowest BCUT2D eigenvalue weighted by Gasteiger charge is -2.20. The molecule has 0 aromatic rings. The van der Waals surface area contributed by atoms with Crippen LogP contribution in [0.4, 0.5) is 0 Å². The van der Waals surface area contributed by atoms with Crippen LogP contribution in [0, 0.1) is 0 Å². The fourth-order valence-corrected chi connectivity index (χ4v) is 5.02. The number of hydrogen-bond acceptors (Lipinski definition) is 9. The average Bonchev–Trinajstić information content (AvgIpc) is 2.95. The monoisotopic (exact) mass is 623 g/mol. The molecule has 0 spiro atoms. The number of ether oxygens (including phenoxy) is 2. The van der Waals surface area contributed by atoms with E-state index >= 15 is 0 Å². The topological polar surface area (TPSA) is 172 Å². The first-order valence-corrected chi connectivity index (χ1v) is 17.6. The summed E-state index contributed by atoms with van der Waals surface area (Å²) in [6.45, 7) is 2.69. The first kappa shape index (κ1) is 40.5. The molecule has 3 atom stereocenters.